The lowest BCUT2D eigenvalue weighted by Gasteiger charge is -2.28. The Morgan fingerprint density at radius 3 is 2.82 bits per heavy atom. The molecule has 1 N–H and O–H groups in total. The second-order valence-electron chi connectivity index (χ2n) is 5.22. The SMILES string of the molecule is CCCC(C)(C)Nc1nccn1C(C)COC. The second kappa shape index (κ2) is 6.05. The lowest BCUT2D eigenvalue weighted by Crippen LogP contribution is -2.32. The fourth-order valence-corrected chi connectivity index (χ4v) is 2.08. The van der Waals surface area contributed by atoms with Crippen molar-refractivity contribution in [3.63, 3.8) is 0 Å². The molecule has 0 bridgehead atoms. The van der Waals surface area contributed by atoms with Crippen LogP contribution in [-0.2, 0) is 4.74 Å². The quantitative estimate of drug-likeness (QED) is 0.794. The third-order valence-electron chi connectivity index (χ3n) is 2.88. The summed E-state index contributed by atoms with van der Waals surface area (Å²) in [4.78, 5) is 4.38. The van der Waals surface area contributed by atoms with Crippen LogP contribution in [0.15, 0.2) is 12.4 Å². The Morgan fingerprint density at radius 2 is 2.24 bits per heavy atom. The van der Waals surface area contributed by atoms with Crippen LogP contribution in [-0.4, -0.2) is 28.8 Å². The van der Waals surface area contributed by atoms with Gasteiger partial charge in [0.05, 0.1) is 12.6 Å². The van der Waals surface area contributed by atoms with Crippen LogP contribution in [0.2, 0.25) is 0 Å². The van der Waals surface area contributed by atoms with E-state index in [0.29, 0.717) is 12.6 Å². The molecule has 17 heavy (non-hydrogen) atoms. The molecule has 1 heterocycles. The number of ether oxygens (including phenoxy) is 1. The van der Waals surface area contributed by atoms with Crippen molar-refractivity contribution >= 4 is 5.95 Å². The van der Waals surface area contributed by atoms with Gasteiger partial charge in [-0.1, -0.05) is 13.3 Å². The fourth-order valence-electron chi connectivity index (χ4n) is 2.08. The summed E-state index contributed by atoms with van der Waals surface area (Å²) in [7, 11) is 1.72. The van der Waals surface area contributed by atoms with Crippen LogP contribution in [0.3, 0.4) is 0 Å². The summed E-state index contributed by atoms with van der Waals surface area (Å²) in [6, 6.07) is 0.294. The highest BCUT2D eigenvalue weighted by Crippen LogP contribution is 2.21. The molecule has 0 radical (unpaired) electrons. The van der Waals surface area contributed by atoms with Gasteiger partial charge in [0.1, 0.15) is 0 Å². The van der Waals surface area contributed by atoms with E-state index in [1.165, 1.54) is 0 Å². The number of imidazole rings is 1. The zero-order chi connectivity index (χ0) is 12.9. The number of anilines is 1. The normalized spacial score (nSPS) is 13.7. The van der Waals surface area contributed by atoms with Gasteiger partial charge in [-0.25, -0.2) is 4.98 Å². The number of hydrogen-bond donors (Lipinski definition) is 1. The molecule has 0 amide bonds. The lowest BCUT2D eigenvalue weighted by molar-refractivity contribution is 0.163. The van der Waals surface area contributed by atoms with E-state index < -0.39 is 0 Å². The highest BCUT2D eigenvalue weighted by Gasteiger charge is 2.19. The zero-order valence-electron chi connectivity index (χ0n) is 11.7. The van der Waals surface area contributed by atoms with Gasteiger partial charge < -0.3 is 14.6 Å². The van der Waals surface area contributed by atoms with Gasteiger partial charge in [0.15, 0.2) is 0 Å². The van der Waals surface area contributed by atoms with Crippen molar-refractivity contribution in [2.45, 2.75) is 52.1 Å². The first-order valence-electron chi connectivity index (χ1n) is 6.30. The van der Waals surface area contributed by atoms with E-state index in [1.807, 2.05) is 12.4 Å². The molecule has 1 unspecified atom stereocenters. The molecular weight excluding hydrogens is 214 g/mol. The first-order chi connectivity index (χ1) is 8.00. The number of hydrogen-bond acceptors (Lipinski definition) is 3. The van der Waals surface area contributed by atoms with E-state index in [9.17, 15) is 0 Å². The van der Waals surface area contributed by atoms with Gasteiger partial charge in [0.2, 0.25) is 5.95 Å². The molecule has 4 heteroatoms. The summed E-state index contributed by atoms with van der Waals surface area (Å²) in [5.74, 6) is 0.924. The van der Waals surface area contributed by atoms with Crippen molar-refractivity contribution in [2.24, 2.45) is 0 Å². The third-order valence-corrected chi connectivity index (χ3v) is 2.88. The van der Waals surface area contributed by atoms with Crippen molar-refractivity contribution in [2.75, 3.05) is 19.0 Å². The topological polar surface area (TPSA) is 39.1 Å². The number of rotatable bonds is 7. The van der Waals surface area contributed by atoms with Crippen LogP contribution in [0.4, 0.5) is 5.95 Å². The van der Waals surface area contributed by atoms with E-state index in [2.05, 4.69) is 42.6 Å². The molecule has 0 spiro atoms. The van der Waals surface area contributed by atoms with Crippen LogP contribution in [0.5, 0.6) is 0 Å². The van der Waals surface area contributed by atoms with Gasteiger partial charge >= 0.3 is 0 Å². The predicted octanol–water partition coefficient (Wildman–Crippen LogP) is 3.08. The second-order valence-corrected chi connectivity index (χ2v) is 5.22. The smallest absolute Gasteiger partial charge is 0.203 e. The molecular formula is C13H25N3O. The summed E-state index contributed by atoms with van der Waals surface area (Å²) in [6.07, 6.45) is 6.11. The van der Waals surface area contributed by atoms with Crippen LogP contribution >= 0.6 is 0 Å². The van der Waals surface area contributed by atoms with Gasteiger partial charge in [-0.2, -0.15) is 0 Å². The molecule has 0 saturated carbocycles. The molecule has 4 nitrogen and oxygen atoms in total. The van der Waals surface area contributed by atoms with Crippen molar-refractivity contribution in [1.82, 2.24) is 9.55 Å². The van der Waals surface area contributed by atoms with E-state index in [-0.39, 0.29) is 5.54 Å². The summed E-state index contributed by atoms with van der Waals surface area (Å²) < 4.78 is 7.31. The van der Waals surface area contributed by atoms with Gasteiger partial charge in [-0.15, -0.1) is 0 Å². The standard InChI is InChI=1S/C13H25N3O/c1-6-7-13(3,4)15-12-14-8-9-16(12)11(2)10-17-5/h8-9,11H,6-7,10H2,1-5H3,(H,14,15). The fraction of sp³-hybridized carbons (Fsp3) is 0.769. The maximum atomic E-state index is 5.18. The van der Waals surface area contributed by atoms with Crippen molar-refractivity contribution < 1.29 is 4.74 Å². The van der Waals surface area contributed by atoms with E-state index in [0.717, 1.165) is 18.8 Å². The lowest BCUT2D eigenvalue weighted by atomic mass is 9.99. The molecule has 0 aliphatic carbocycles. The van der Waals surface area contributed by atoms with Crippen molar-refractivity contribution in [3.8, 4) is 0 Å². The van der Waals surface area contributed by atoms with Crippen LogP contribution < -0.4 is 5.32 Å². The molecule has 98 valence electrons. The van der Waals surface area contributed by atoms with Gasteiger partial charge in [-0.05, 0) is 27.2 Å². The summed E-state index contributed by atoms with van der Waals surface area (Å²) >= 11 is 0. The number of methoxy groups -OCH3 is 1. The van der Waals surface area contributed by atoms with E-state index >= 15 is 0 Å². The van der Waals surface area contributed by atoms with E-state index in [1.54, 1.807) is 7.11 Å². The number of nitrogens with zero attached hydrogens (tertiary/aromatic N) is 2. The predicted molar refractivity (Wildman–Crippen MR) is 71.4 cm³/mol. The number of nitrogens with one attached hydrogen (secondary N) is 1. The summed E-state index contributed by atoms with van der Waals surface area (Å²) in [5.41, 5.74) is 0.0741. The summed E-state index contributed by atoms with van der Waals surface area (Å²) in [6.45, 7) is 9.43. The Morgan fingerprint density at radius 1 is 1.53 bits per heavy atom. The van der Waals surface area contributed by atoms with E-state index in [4.69, 9.17) is 4.74 Å². The molecule has 1 aromatic heterocycles. The number of aromatic nitrogens is 2. The first-order valence-corrected chi connectivity index (χ1v) is 6.30. The van der Waals surface area contributed by atoms with Crippen LogP contribution in [0.1, 0.15) is 46.6 Å². The maximum Gasteiger partial charge on any atom is 0.203 e. The average molecular weight is 239 g/mol. The molecule has 1 atom stereocenters. The van der Waals surface area contributed by atoms with Gasteiger partial charge in [-0.3, -0.25) is 0 Å². The van der Waals surface area contributed by atoms with Crippen LogP contribution in [0, 0.1) is 0 Å². The zero-order valence-corrected chi connectivity index (χ0v) is 11.7. The highest BCUT2D eigenvalue weighted by atomic mass is 16.5. The Hall–Kier alpha value is -1.03. The Labute approximate surface area is 104 Å². The largest absolute Gasteiger partial charge is 0.383 e. The van der Waals surface area contributed by atoms with Crippen molar-refractivity contribution in [3.05, 3.63) is 12.4 Å². The minimum absolute atomic E-state index is 0.0741. The maximum absolute atomic E-state index is 5.18. The Bertz CT molecular complexity index is 333. The minimum Gasteiger partial charge on any atom is -0.383 e. The Balaban J connectivity index is 2.75. The van der Waals surface area contributed by atoms with Gasteiger partial charge in [0.25, 0.3) is 0 Å². The minimum atomic E-state index is 0.0741. The molecule has 0 fully saturated rings. The molecule has 0 aliphatic rings. The van der Waals surface area contributed by atoms with Gasteiger partial charge in [0, 0.05) is 25.0 Å². The molecule has 1 aromatic rings. The molecule has 0 saturated heterocycles. The summed E-state index contributed by atoms with van der Waals surface area (Å²) in [5, 5.41) is 3.50. The molecule has 0 aromatic carbocycles. The van der Waals surface area contributed by atoms with Crippen molar-refractivity contribution in [1.29, 1.82) is 0 Å². The van der Waals surface area contributed by atoms with Crippen LogP contribution in [0.25, 0.3) is 0 Å². The molecule has 1 rings (SSSR count). The highest BCUT2D eigenvalue weighted by molar-refractivity contribution is 5.30. The average Bonchev–Trinajstić information content (AvgIpc) is 2.65. The first kappa shape index (κ1) is 14.0. The molecule has 0 aliphatic heterocycles. The monoisotopic (exact) mass is 239 g/mol. The Kier molecular flexibility index (Phi) is 5.00. The third kappa shape index (κ3) is 4.04.